The van der Waals surface area contributed by atoms with Crippen molar-refractivity contribution in [2.45, 2.75) is 6.54 Å². The fraction of sp³-hybridized carbons (Fsp3) is 0.300. The highest BCUT2D eigenvalue weighted by Gasteiger charge is 2.04. The van der Waals surface area contributed by atoms with E-state index in [0.717, 1.165) is 11.3 Å². The number of nitrogens with two attached hydrogens (primary N) is 1. The van der Waals surface area contributed by atoms with E-state index in [2.05, 4.69) is 0 Å². The van der Waals surface area contributed by atoms with Gasteiger partial charge in [0.1, 0.15) is 0 Å². The van der Waals surface area contributed by atoms with Crippen LogP contribution in [0.15, 0.2) is 24.3 Å². The average molecular weight is 194 g/mol. The third kappa shape index (κ3) is 3.45. The van der Waals surface area contributed by atoms with Crippen molar-refractivity contribution in [3.05, 3.63) is 29.8 Å². The SMILES string of the molecule is CN(CC(=O)O)Cc1ccc(N)cc1. The number of anilines is 1. The van der Waals surface area contributed by atoms with E-state index in [1.54, 1.807) is 11.9 Å². The first-order valence-corrected chi connectivity index (χ1v) is 4.32. The Labute approximate surface area is 82.9 Å². The third-order valence-electron chi connectivity index (χ3n) is 1.84. The molecule has 1 aromatic carbocycles. The highest BCUT2D eigenvalue weighted by atomic mass is 16.4. The fourth-order valence-electron chi connectivity index (χ4n) is 1.22. The minimum absolute atomic E-state index is 0.0460. The van der Waals surface area contributed by atoms with E-state index in [1.807, 2.05) is 24.3 Å². The van der Waals surface area contributed by atoms with Crippen LogP contribution < -0.4 is 5.73 Å². The predicted molar refractivity (Wildman–Crippen MR) is 54.8 cm³/mol. The Morgan fingerprint density at radius 1 is 1.43 bits per heavy atom. The molecule has 0 aliphatic rings. The molecule has 0 atom stereocenters. The molecule has 1 aromatic rings. The minimum atomic E-state index is -0.817. The summed E-state index contributed by atoms with van der Waals surface area (Å²) in [5.74, 6) is -0.817. The Morgan fingerprint density at radius 2 is 2.00 bits per heavy atom. The second kappa shape index (κ2) is 4.62. The van der Waals surface area contributed by atoms with Crippen LogP contribution in [0.2, 0.25) is 0 Å². The maximum absolute atomic E-state index is 10.4. The van der Waals surface area contributed by atoms with Gasteiger partial charge in [0, 0.05) is 12.2 Å². The van der Waals surface area contributed by atoms with Crippen molar-refractivity contribution < 1.29 is 9.90 Å². The maximum Gasteiger partial charge on any atom is 0.317 e. The van der Waals surface area contributed by atoms with Gasteiger partial charge in [-0.1, -0.05) is 12.1 Å². The lowest BCUT2D eigenvalue weighted by Crippen LogP contribution is -2.25. The third-order valence-corrected chi connectivity index (χ3v) is 1.84. The number of likely N-dealkylation sites (N-methyl/N-ethyl adjacent to an activating group) is 1. The van der Waals surface area contributed by atoms with Gasteiger partial charge in [-0.25, -0.2) is 0 Å². The minimum Gasteiger partial charge on any atom is -0.480 e. The number of hydrogen-bond acceptors (Lipinski definition) is 3. The molecule has 4 nitrogen and oxygen atoms in total. The van der Waals surface area contributed by atoms with E-state index in [1.165, 1.54) is 0 Å². The van der Waals surface area contributed by atoms with Gasteiger partial charge in [-0.2, -0.15) is 0 Å². The summed E-state index contributed by atoms with van der Waals surface area (Å²) in [5, 5.41) is 8.54. The van der Waals surface area contributed by atoms with Crippen LogP contribution in [-0.4, -0.2) is 29.6 Å². The summed E-state index contributed by atoms with van der Waals surface area (Å²) in [6.07, 6.45) is 0. The summed E-state index contributed by atoms with van der Waals surface area (Å²) >= 11 is 0. The zero-order valence-corrected chi connectivity index (χ0v) is 8.10. The molecule has 0 aliphatic carbocycles. The van der Waals surface area contributed by atoms with Gasteiger partial charge in [0.2, 0.25) is 0 Å². The van der Waals surface area contributed by atoms with E-state index in [-0.39, 0.29) is 6.54 Å². The number of nitrogens with zero attached hydrogens (tertiary/aromatic N) is 1. The van der Waals surface area contributed by atoms with Crippen molar-refractivity contribution in [2.24, 2.45) is 0 Å². The van der Waals surface area contributed by atoms with Crippen LogP contribution in [0.3, 0.4) is 0 Å². The van der Waals surface area contributed by atoms with Crippen LogP contribution in [0, 0.1) is 0 Å². The number of aliphatic carboxylic acids is 1. The molecule has 4 heteroatoms. The van der Waals surface area contributed by atoms with E-state index < -0.39 is 5.97 Å². The molecule has 0 bridgehead atoms. The Morgan fingerprint density at radius 3 is 2.50 bits per heavy atom. The van der Waals surface area contributed by atoms with Gasteiger partial charge in [0.25, 0.3) is 0 Å². The molecule has 76 valence electrons. The Hall–Kier alpha value is -1.55. The Balaban J connectivity index is 2.51. The van der Waals surface area contributed by atoms with Crippen molar-refractivity contribution >= 4 is 11.7 Å². The average Bonchev–Trinajstić information content (AvgIpc) is 2.07. The normalized spacial score (nSPS) is 10.4. The lowest BCUT2D eigenvalue weighted by molar-refractivity contribution is -0.138. The van der Waals surface area contributed by atoms with Gasteiger partial charge in [-0.15, -0.1) is 0 Å². The van der Waals surface area contributed by atoms with E-state index >= 15 is 0 Å². The van der Waals surface area contributed by atoms with Crippen molar-refractivity contribution in [1.82, 2.24) is 4.90 Å². The summed E-state index contributed by atoms with van der Waals surface area (Å²) in [7, 11) is 1.77. The number of carbonyl (C=O) groups is 1. The highest BCUT2D eigenvalue weighted by Crippen LogP contribution is 2.07. The van der Waals surface area contributed by atoms with Gasteiger partial charge >= 0.3 is 5.97 Å². The van der Waals surface area contributed by atoms with Gasteiger partial charge in [-0.3, -0.25) is 9.69 Å². The molecular weight excluding hydrogens is 180 g/mol. The molecule has 0 saturated heterocycles. The fourth-order valence-corrected chi connectivity index (χ4v) is 1.22. The number of rotatable bonds is 4. The van der Waals surface area contributed by atoms with Crippen LogP contribution in [0.25, 0.3) is 0 Å². The molecule has 0 aromatic heterocycles. The molecule has 1 rings (SSSR count). The van der Waals surface area contributed by atoms with E-state index in [0.29, 0.717) is 6.54 Å². The lowest BCUT2D eigenvalue weighted by Gasteiger charge is -2.13. The zero-order valence-electron chi connectivity index (χ0n) is 8.10. The summed E-state index contributed by atoms with van der Waals surface area (Å²) in [4.78, 5) is 12.1. The first kappa shape index (κ1) is 10.5. The summed E-state index contributed by atoms with van der Waals surface area (Å²) in [6, 6.07) is 7.41. The van der Waals surface area contributed by atoms with Crippen molar-refractivity contribution in [3.63, 3.8) is 0 Å². The Kier molecular flexibility index (Phi) is 3.48. The second-order valence-corrected chi connectivity index (χ2v) is 3.31. The zero-order chi connectivity index (χ0) is 10.6. The first-order valence-electron chi connectivity index (χ1n) is 4.32. The first-order chi connectivity index (χ1) is 6.58. The topological polar surface area (TPSA) is 66.6 Å². The van der Waals surface area contributed by atoms with Crippen molar-refractivity contribution in [2.75, 3.05) is 19.3 Å². The quantitative estimate of drug-likeness (QED) is 0.695. The predicted octanol–water partition coefficient (Wildman–Crippen LogP) is 0.785. The van der Waals surface area contributed by atoms with Crippen LogP contribution >= 0.6 is 0 Å². The Bertz CT molecular complexity index is 308. The number of carboxylic acid groups (broad SMARTS) is 1. The van der Waals surface area contributed by atoms with Crippen LogP contribution in [-0.2, 0) is 11.3 Å². The number of nitrogen functional groups attached to an aromatic ring is 1. The van der Waals surface area contributed by atoms with Gasteiger partial charge in [-0.05, 0) is 24.7 Å². The molecule has 3 N–H and O–H groups in total. The molecule has 0 aliphatic heterocycles. The van der Waals surface area contributed by atoms with Gasteiger partial charge < -0.3 is 10.8 Å². The number of carboxylic acids is 1. The maximum atomic E-state index is 10.4. The van der Waals surface area contributed by atoms with Crippen molar-refractivity contribution in [3.8, 4) is 0 Å². The summed E-state index contributed by atoms with van der Waals surface area (Å²) in [6.45, 7) is 0.664. The molecule has 0 amide bonds. The van der Waals surface area contributed by atoms with Crippen LogP contribution in [0.4, 0.5) is 5.69 Å². The monoisotopic (exact) mass is 194 g/mol. The van der Waals surface area contributed by atoms with Gasteiger partial charge in [0.15, 0.2) is 0 Å². The highest BCUT2D eigenvalue weighted by molar-refractivity contribution is 5.69. The molecule has 0 radical (unpaired) electrons. The lowest BCUT2D eigenvalue weighted by atomic mass is 10.2. The smallest absolute Gasteiger partial charge is 0.317 e. The molecule has 0 spiro atoms. The van der Waals surface area contributed by atoms with Gasteiger partial charge in [0.05, 0.1) is 6.54 Å². The van der Waals surface area contributed by atoms with E-state index in [9.17, 15) is 4.79 Å². The second-order valence-electron chi connectivity index (χ2n) is 3.31. The molecule has 0 fully saturated rings. The number of hydrogen-bond donors (Lipinski definition) is 2. The standard InChI is InChI=1S/C10H14N2O2/c1-12(7-10(13)14)6-8-2-4-9(11)5-3-8/h2-5H,6-7,11H2,1H3,(H,13,14). The summed E-state index contributed by atoms with van der Waals surface area (Å²) in [5.41, 5.74) is 7.31. The van der Waals surface area contributed by atoms with E-state index in [4.69, 9.17) is 10.8 Å². The molecule has 14 heavy (non-hydrogen) atoms. The molecular formula is C10H14N2O2. The molecule has 0 saturated carbocycles. The van der Waals surface area contributed by atoms with Crippen LogP contribution in [0.5, 0.6) is 0 Å². The molecule has 0 heterocycles. The molecule has 0 unspecified atom stereocenters. The largest absolute Gasteiger partial charge is 0.480 e. The van der Waals surface area contributed by atoms with Crippen molar-refractivity contribution in [1.29, 1.82) is 0 Å². The number of benzene rings is 1. The van der Waals surface area contributed by atoms with Crippen LogP contribution in [0.1, 0.15) is 5.56 Å². The summed E-state index contributed by atoms with van der Waals surface area (Å²) < 4.78 is 0.